The number of carboxylic acids is 1. The van der Waals surface area contributed by atoms with E-state index in [9.17, 15) is 14.7 Å². The van der Waals surface area contributed by atoms with Gasteiger partial charge in [-0.2, -0.15) is 0 Å². The summed E-state index contributed by atoms with van der Waals surface area (Å²) < 4.78 is 5.26. The summed E-state index contributed by atoms with van der Waals surface area (Å²) in [6.45, 7) is 5.49. The lowest BCUT2D eigenvalue weighted by molar-refractivity contribution is -0.145. The summed E-state index contributed by atoms with van der Waals surface area (Å²) in [7, 11) is 1.65. The largest absolute Gasteiger partial charge is 0.497 e. The summed E-state index contributed by atoms with van der Waals surface area (Å²) >= 11 is 0. The standard InChI is InChI=1S/C21H31N3O4/c1-15-14-24(12-9-18(15)20(25)26)21(27)22-13-19(23-10-3-4-11-23)16-5-7-17(28-2)8-6-16/h5-8,15,18-19H,3-4,9-14H2,1-2H3,(H,22,27)(H,25,26). The average molecular weight is 389 g/mol. The van der Waals surface area contributed by atoms with Crippen molar-refractivity contribution in [2.45, 2.75) is 32.2 Å². The first kappa shape index (κ1) is 20.5. The number of carbonyl (C=O) groups excluding carboxylic acids is 1. The van der Waals surface area contributed by atoms with E-state index >= 15 is 0 Å². The maximum atomic E-state index is 12.7. The number of rotatable bonds is 6. The quantitative estimate of drug-likeness (QED) is 0.782. The average Bonchev–Trinajstić information content (AvgIpc) is 3.22. The molecule has 0 saturated carbocycles. The van der Waals surface area contributed by atoms with Crippen LogP contribution in [0.2, 0.25) is 0 Å². The number of hydrogen-bond acceptors (Lipinski definition) is 4. The predicted molar refractivity (Wildman–Crippen MR) is 106 cm³/mol. The topological polar surface area (TPSA) is 82.1 Å². The van der Waals surface area contributed by atoms with E-state index in [1.54, 1.807) is 12.0 Å². The third-order valence-corrected chi connectivity index (χ3v) is 6.04. The number of nitrogens with zero attached hydrogens (tertiary/aromatic N) is 2. The van der Waals surface area contributed by atoms with Gasteiger partial charge in [0.25, 0.3) is 0 Å². The van der Waals surface area contributed by atoms with Crippen LogP contribution < -0.4 is 10.1 Å². The van der Waals surface area contributed by atoms with Crippen molar-refractivity contribution in [3.63, 3.8) is 0 Å². The van der Waals surface area contributed by atoms with Crippen LogP contribution in [0, 0.1) is 11.8 Å². The van der Waals surface area contributed by atoms with Gasteiger partial charge in [-0.1, -0.05) is 19.1 Å². The fourth-order valence-corrected chi connectivity index (χ4v) is 4.33. The van der Waals surface area contributed by atoms with Crippen LogP contribution >= 0.6 is 0 Å². The number of aliphatic carboxylic acids is 1. The van der Waals surface area contributed by atoms with E-state index in [0.717, 1.165) is 18.8 Å². The summed E-state index contributed by atoms with van der Waals surface area (Å²) in [4.78, 5) is 28.1. The predicted octanol–water partition coefficient (Wildman–Crippen LogP) is 2.58. The van der Waals surface area contributed by atoms with Crippen LogP contribution in [0.1, 0.15) is 37.8 Å². The number of likely N-dealkylation sites (tertiary alicyclic amines) is 2. The van der Waals surface area contributed by atoms with Crippen molar-refractivity contribution in [2.75, 3.05) is 39.8 Å². The van der Waals surface area contributed by atoms with Crippen LogP contribution in [0.3, 0.4) is 0 Å². The van der Waals surface area contributed by atoms with Gasteiger partial charge in [0.1, 0.15) is 5.75 Å². The van der Waals surface area contributed by atoms with Crippen molar-refractivity contribution in [3.05, 3.63) is 29.8 Å². The first-order valence-electron chi connectivity index (χ1n) is 10.1. The fourth-order valence-electron chi connectivity index (χ4n) is 4.33. The summed E-state index contributed by atoms with van der Waals surface area (Å²) in [5.41, 5.74) is 1.17. The third kappa shape index (κ3) is 4.76. The van der Waals surface area contributed by atoms with Gasteiger partial charge in [-0.25, -0.2) is 4.79 Å². The van der Waals surface area contributed by atoms with E-state index in [2.05, 4.69) is 22.3 Å². The van der Waals surface area contributed by atoms with Gasteiger partial charge in [0.2, 0.25) is 0 Å². The zero-order chi connectivity index (χ0) is 20.1. The molecule has 1 aromatic carbocycles. The van der Waals surface area contributed by atoms with E-state index in [-0.39, 0.29) is 23.9 Å². The van der Waals surface area contributed by atoms with Crippen LogP contribution in [0.5, 0.6) is 5.75 Å². The van der Waals surface area contributed by atoms with Gasteiger partial charge < -0.3 is 20.1 Å². The summed E-state index contributed by atoms with van der Waals surface area (Å²) in [6, 6.07) is 8.07. The molecule has 1 aromatic rings. The Morgan fingerprint density at radius 2 is 1.89 bits per heavy atom. The Morgan fingerprint density at radius 1 is 1.21 bits per heavy atom. The molecule has 2 N–H and O–H groups in total. The molecule has 3 rings (SSSR count). The molecule has 2 fully saturated rings. The molecular formula is C21H31N3O4. The lowest BCUT2D eigenvalue weighted by Crippen LogP contribution is -2.50. The number of urea groups is 1. The minimum Gasteiger partial charge on any atom is -0.497 e. The number of carboxylic acid groups (broad SMARTS) is 1. The van der Waals surface area contributed by atoms with Crippen LogP contribution in [-0.4, -0.2) is 66.7 Å². The van der Waals surface area contributed by atoms with E-state index in [1.165, 1.54) is 18.4 Å². The molecule has 0 aromatic heterocycles. The smallest absolute Gasteiger partial charge is 0.317 e. The van der Waals surface area contributed by atoms with E-state index < -0.39 is 5.97 Å². The van der Waals surface area contributed by atoms with Gasteiger partial charge >= 0.3 is 12.0 Å². The number of carbonyl (C=O) groups is 2. The normalized spacial score (nSPS) is 24.0. The Balaban J connectivity index is 1.61. The van der Waals surface area contributed by atoms with E-state index in [1.807, 2.05) is 19.1 Å². The maximum absolute atomic E-state index is 12.7. The fraction of sp³-hybridized carbons (Fsp3) is 0.619. The highest BCUT2D eigenvalue weighted by molar-refractivity contribution is 5.75. The number of ether oxygens (including phenoxy) is 1. The summed E-state index contributed by atoms with van der Waals surface area (Å²) in [5, 5.41) is 12.3. The molecule has 7 heteroatoms. The molecule has 2 aliphatic heterocycles. The number of nitrogens with one attached hydrogen (secondary N) is 1. The van der Waals surface area contributed by atoms with Crippen LogP contribution in [0.4, 0.5) is 4.79 Å². The molecule has 0 bridgehead atoms. The third-order valence-electron chi connectivity index (χ3n) is 6.04. The zero-order valence-electron chi connectivity index (χ0n) is 16.8. The molecule has 2 heterocycles. The molecule has 3 unspecified atom stereocenters. The second-order valence-electron chi connectivity index (χ2n) is 7.87. The Hall–Kier alpha value is -2.28. The summed E-state index contributed by atoms with van der Waals surface area (Å²) in [5.74, 6) is -0.335. The number of benzene rings is 1. The Kier molecular flexibility index (Phi) is 6.78. The Bertz CT molecular complexity index is 673. The van der Waals surface area contributed by atoms with Crippen molar-refractivity contribution in [1.82, 2.24) is 15.1 Å². The van der Waals surface area contributed by atoms with Crippen molar-refractivity contribution >= 4 is 12.0 Å². The minimum absolute atomic E-state index is 0.0343. The monoisotopic (exact) mass is 389 g/mol. The molecule has 2 amide bonds. The molecule has 28 heavy (non-hydrogen) atoms. The van der Waals surface area contributed by atoms with Crippen molar-refractivity contribution in [3.8, 4) is 5.75 Å². The molecule has 0 aliphatic carbocycles. The van der Waals surface area contributed by atoms with E-state index in [4.69, 9.17) is 4.74 Å². The Labute approximate surface area is 166 Å². The van der Waals surface area contributed by atoms with Crippen molar-refractivity contribution in [1.29, 1.82) is 0 Å². The molecule has 2 aliphatic rings. The van der Waals surface area contributed by atoms with Crippen LogP contribution in [-0.2, 0) is 4.79 Å². The molecule has 0 spiro atoms. The highest BCUT2D eigenvalue weighted by atomic mass is 16.5. The van der Waals surface area contributed by atoms with Gasteiger partial charge in [0, 0.05) is 19.6 Å². The van der Waals surface area contributed by atoms with Crippen molar-refractivity contribution in [2.24, 2.45) is 11.8 Å². The first-order chi connectivity index (χ1) is 13.5. The lowest BCUT2D eigenvalue weighted by atomic mass is 9.87. The molecule has 2 saturated heterocycles. The maximum Gasteiger partial charge on any atom is 0.317 e. The molecule has 3 atom stereocenters. The van der Waals surface area contributed by atoms with Gasteiger partial charge in [0.15, 0.2) is 0 Å². The highest BCUT2D eigenvalue weighted by Gasteiger charge is 2.33. The molecule has 0 radical (unpaired) electrons. The van der Waals surface area contributed by atoms with Gasteiger partial charge in [-0.05, 0) is 56.0 Å². The number of piperidine rings is 1. The highest BCUT2D eigenvalue weighted by Crippen LogP contribution is 2.27. The van der Waals surface area contributed by atoms with Gasteiger partial charge in [-0.15, -0.1) is 0 Å². The second-order valence-corrected chi connectivity index (χ2v) is 7.87. The number of methoxy groups -OCH3 is 1. The molecular weight excluding hydrogens is 358 g/mol. The second kappa shape index (κ2) is 9.28. The minimum atomic E-state index is -0.763. The van der Waals surface area contributed by atoms with Gasteiger partial charge in [-0.3, -0.25) is 9.69 Å². The first-order valence-corrected chi connectivity index (χ1v) is 10.1. The summed E-state index contributed by atoms with van der Waals surface area (Å²) in [6.07, 6.45) is 2.87. The van der Waals surface area contributed by atoms with Crippen LogP contribution in [0.25, 0.3) is 0 Å². The zero-order valence-corrected chi connectivity index (χ0v) is 16.8. The molecule has 7 nitrogen and oxygen atoms in total. The number of amides is 2. The SMILES string of the molecule is COc1ccc(C(CNC(=O)N2CCC(C(=O)O)C(C)C2)N2CCCC2)cc1. The Morgan fingerprint density at radius 3 is 2.46 bits per heavy atom. The van der Waals surface area contributed by atoms with Crippen LogP contribution in [0.15, 0.2) is 24.3 Å². The lowest BCUT2D eigenvalue weighted by Gasteiger charge is -2.35. The molecule has 154 valence electrons. The van der Waals surface area contributed by atoms with E-state index in [0.29, 0.717) is 26.1 Å². The van der Waals surface area contributed by atoms with Crippen molar-refractivity contribution < 1.29 is 19.4 Å². The van der Waals surface area contributed by atoms with Gasteiger partial charge in [0.05, 0.1) is 19.1 Å². The number of hydrogen-bond donors (Lipinski definition) is 2.